The van der Waals surface area contributed by atoms with Crippen LogP contribution in [0.1, 0.15) is 20.9 Å². The molecule has 0 bridgehead atoms. The standard InChI is InChI=1S/C19H15N9OS.C2HF3O2/c1-28-10-13(9-22-28)17(29)24-19-20-5-4-15(23-19)18-27-26-16(30-18)7-11-2-3-14-12(6-11)8-21-25-14;3-2(4,5)1(6)7/h2-6,8-10H,7H2,1H3,(H,21,25)(H,20,23,24,29);(H,6,7). The van der Waals surface area contributed by atoms with Crippen molar-refractivity contribution in [1.82, 2.24) is 40.1 Å². The molecule has 0 unspecified atom stereocenters. The molecule has 0 radical (unpaired) electrons. The van der Waals surface area contributed by atoms with E-state index in [-0.39, 0.29) is 11.9 Å². The molecule has 0 aliphatic carbocycles. The third-order valence-electron chi connectivity index (χ3n) is 4.64. The number of halogens is 3. The van der Waals surface area contributed by atoms with Gasteiger partial charge in [-0.3, -0.25) is 19.9 Å². The number of aryl methyl sites for hydroxylation is 1. The average Bonchev–Trinajstić information content (AvgIpc) is 3.60. The lowest BCUT2D eigenvalue weighted by atomic mass is 10.1. The number of amides is 1. The zero-order valence-corrected chi connectivity index (χ0v) is 19.6. The Balaban J connectivity index is 0.000000405. The molecule has 5 rings (SSSR count). The highest BCUT2D eigenvalue weighted by atomic mass is 32.1. The summed E-state index contributed by atoms with van der Waals surface area (Å²) >= 11 is 1.45. The van der Waals surface area contributed by atoms with E-state index in [1.54, 1.807) is 36.4 Å². The lowest BCUT2D eigenvalue weighted by Gasteiger charge is -2.02. The van der Waals surface area contributed by atoms with Crippen molar-refractivity contribution in [2.45, 2.75) is 12.6 Å². The van der Waals surface area contributed by atoms with E-state index in [0.29, 0.717) is 22.7 Å². The Morgan fingerprint density at radius 2 is 1.97 bits per heavy atom. The second kappa shape index (κ2) is 10.5. The molecule has 1 amide bonds. The minimum Gasteiger partial charge on any atom is -0.475 e. The number of carboxylic acids is 1. The summed E-state index contributed by atoms with van der Waals surface area (Å²) in [7, 11) is 1.74. The molecular weight excluding hydrogens is 515 g/mol. The maximum Gasteiger partial charge on any atom is 0.490 e. The van der Waals surface area contributed by atoms with Crippen molar-refractivity contribution >= 4 is 40.1 Å². The van der Waals surface area contributed by atoms with Crippen LogP contribution in [0, 0.1) is 0 Å². The fourth-order valence-corrected chi connectivity index (χ4v) is 3.80. The number of carbonyl (C=O) groups excluding carboxylic acids is 1. The van der Waals surface area contributed by atoms with Gasteiger partial charge in [0.15, 0.2) is 5.01 Å². The van der Waals surface area contributed by atoms with Crippen LogP contribution in [0.2, 0.25) is 0 Å². The van der Waals surface area contributed by atoms with Crippen LogP contribution in [0.4, 0.5) is 19.1 Å². The summed E-state index contributed by atoms with van der Waals surface area (Å²) in [5, 5.41) is 31.9. The van der Waals surface area contributed by atoms with Crippen LogP contribution >= 0.6 is 11.3 Å². The van der Waals surface area contributed by atoms with Gasteiger partial charge in [-0.05, 0) is 23.8 Å². The van der Waals surface area contributed by atoms with Gasteiger partial charge < -0.3 is 5.11 Å². The predicted molar refractivity (Wildman–Crippen MR) is 125 cm³/mol. The maximum atomic E-state index is 12.3. The van der Waals surface area contributed by atoms with Gasteiger partial charge in [-0.2, -0.15) is 23.4 Å². The van der Waals surface area contributed by atoms with Crippen molar-refractivity contribution < 1.29 is 27.9 Å². The van der Waals surface area contributed by atoms with Crippen molar-refractivity contribution in [3.05, 3.63) is 65.2 Å². The lowest BCUT2D eigenvalue weighted by Crippen LogP contribution is -2.21. The summed E-state index contributed by atoms with van der Waals surface area (Å²) in [4.78, 5) is 29.7. The van der Waals surface area contributed by atoms with Gasteiger partial charge in [0.1, 0.15) is 10.7 Å². The van der Waals surface area contributed by atoms with Gasteiger partial charge in [0.05, 0.1) is 23.5 Å². The molecule has 4 aromatic heterocycles. The molecule has 0 aliphatic heterocycles. The molecule has 12 nitrogen and oxygen atoms in total. The van der Waals surface area contributed by atoms with Gasteiger partial charge in [0, 0.05) is 31.2 Å². The van der Waals surface area contributed by atoms with Gasteiger partial charge in [-0.25, -0.2) is 14.8 Å². The second-order valence-electron chi connectivity index (χ2n) is 7.39. The normalized spacial score (nSPS) is 11.1. The Morgan fingerprint density at radius 3 is 2.68 bits per heavy atom. The highest BCUT2D eigenvalue weighted by molar-refractivity contribution is 7.14. The fourth-order valence-electron chi connectivity index (χ4n) is 2.96. The molecule has 190 valence electrons. The Hall–Kier alpha value is -4.73. The van der Waals surface area contributed by atoms with Crippen molar-refractivity contribution in [1.29, 1.82) is 0 Å². The van der Waals surface area contributed by atoms with Gasteiger partial charge in [0.2, 0.25) is 5.95 Å². The Labute approximate surface area is 209 Å². The zero-order valence-electron chi connectivity index (χ0n) is 18.8. The van der Waals surface area contributed by atoms with Gasteiger partial charge >= 0.3 is 12.1 Å². The molecule has 37 heavy (non-hydrogen) atoms. The monoisotopic (exact) mass is 531 g/mol. The van der Waals surface area contributed by atoms with Crippen LogP contribution in [0.5, 0.6) is 0 Å². The number of carbonyl (C=O) groups is 2. The van der Waals surface area contributed by atoms with Crippen LogP contribution in [0.3, 0.4) is 0 Å². The lowest BCUT2D eigenvalue weighted by molar-refractivity contribution is -0.192. The number of H-pyrrole nitrogens is 1. The summed E-state index contributed by atoms with van der Waals surface area (Å²) in [5.41, 5.74) is 3.15. The molecule has 0 atom stereocenters. The van der Waals surface area contributed by atoms with E-state index in [1.165, 1.54) is 17.5 Å². The van der Waals surface area contributed by atoms with E-state index in [9.17, 15) is 18.0 Å². The van der Waals surface area contributed by atoms with E-state index >= 15 is 0 Å². The van der Waals surface area contributed by atoms with Crippen LogP contribution in [-0.2, 0) is 18.3 Å². The van der Waals surface area contributed by atoms with Crippen molar-refractivity contribution in [3.63, 3.8) is 0 Å². The van der Waals surface area contributed by atoms with Crippen LogP contribution in [-0.4, -0.2) is 63.3 Å². The SMILES string of the molecule is Cn1cc(C(=O)Nc2nccc(-c3nnc(Cc4ccc5[nH]ncc5c4)s3)n2)cn1.O=C(O)C(F)(F)F. The minimum absolute atomic E-state index is 0.198. The molecule has 0 spiro atoms. The van der Waals surface area contributed by atoms with Crippen molar-refractivity contribution in [3.8, 4) is 10.7 Å². The maximum absolute atomic E-state index is 12.3. The van der Waals surface area contributed by atoms with E-state index in [4.69, 9.17) is 9.90 Å². The number of aliphatic carboxylic acids is 1. The number of carboxylic acid groups (broad SMARTS) is 1. The van der Waals surface area contributed by atoms with Crippen LogP contribution < -0.4 is 5.32 Å². The summed E-state index contributed by atoms with van der Waals surface area (Å²) < 4.78 is 33.3. The Bertz CT molecular complexity index is 1560. The molecule has 0 aliphatic rings. The number of aromatic nitrogens is 8. The molecule has 1 aromatic carbocycles. The number of fused-ring (bicyclic) bond motifs is 1. The van der Waals surface area contributed by atoms with Gasteiger partial charge in [-0.15, -0.1) is 10.2 Å². The topological polar surface area (TPSA) is 164 Å². The molecule has 16 heteroatoms. The summed E-state index contributed by atoms with van der Waals surface area (Å²) in [6.07, 6.45) is 2.06. The number of nitrogens with zero attached hydrogens (tertiary/aromatic N) is 7. The average molecular weight is 531 g/mol. The summed E-state index contributed by atoms with van der Waals surface area (Å²) in [6, 6.07) is 7.86. The highest BCUT2D eigenvalue weighted by Gasteiger charge is 2.38. The minimum atomic E-state index is -5.08. The Morgan fingerprint density at radius 1 is 1.19 bits per heavy atom. The zero-order chi connectivity index (χ0) is 26.6. The Kier molecular flexibility index (Phi) is 7.19. The first-order chi connectivity index (χ1) is 17.6. The number of rotatable bonds is 5. The number of hydrogen-bond acceptors (Lipinski definition) is 9. The summed E-state index contributed by atoms with van der Waals surface area (Å²) in [6.45, 7) is 0. The number of hydrogen-bond donors (Lipinski definition) is 3. The third-order valence-corrected chi connectivity index (χ3v) is 5.58. The number of nitrogens with one attached hydrogen (secondary N) is 2. The third kappa shape index (κ3) is 6.49. The summed E-state index contributed by atoms with van der Waals surface area (Å²) in [5.74, 6) is -2.89. The van der Waals surface area contributed by atoms with Gasteiger partial charge in [-0.1, -0.05) is 17.4 Å². The molecule has 3 N–H and O–H groups in total. The molecule has 5 aromatic rings. The molecule has 0 saturated heterocycles. The number of aromatic amines is 1. The smallest absolute Gasteiger partial charge is 0.475 e. The van der Waals surface area contributed by atoms with Crippen LogP contribution in [0.25, 0.3) is 21.6 Å². The molecular formula is C21H16F3N9O3S. The predicted octanol–water partition coefficient (Wildman–Crippen LogP) is 3.08. The van der Waals surface area contributed by atoms with Crippen molar-refractivity contribution in [2.75, 3.05) is 5.32 Å². The molecule has 0 fully saturated rings. The van der Waals surface area contributed by atoms with E-state index in [1.807, 2.05) is 12.1 Å². The quantitative estimate of drug-likeness (QED) is 0.309. The first kappa shape index (κ1) is 25.4. The van der Waals surface area contributed by atoms with E-state index in [2.05, 4.69) is 46.8 Å². The largest absolute Gasteiger partial charge is 0.490 e. The number of benzene rings is 1. The van der Waals surface area contributed by atoms with E-state index < -0.39 is 12.1 Å². The first-order valence-electron chi connectivity index (χ1n) is 10.3. The number of anilines is 1. The molecule has 4 heterocycles. The van der Waals surface area contributed by atoms with E-state index in [0.717, 1.165) is 21.5 Å². The number of alkyl halides is 3. The fraction of sp³-hybridized carbons (Fsp3) is 0.143. The van der Waals surface area contributed by atoms with Crippen molar-refractivity contribution in [2.24, 2.45) is 7.05 Å². The van der Waals surface area contributed by atoms with Crippen LogP contribution in [0.15, 0.2) is 49.1 Å². The van der Waals surface area contributed by atoms with Gasteiger partial charge in [0.25, 0.3) is 5.91 Å². The second-order valence-corrected chi connectivity index (χ2v) is 8.46. The first-order valence-corrected chi connectivity index (χ1v) is 11.1. The molecule has 0 saturated carbocycles. The highest BCUT2D eigenvalue weighted by Crippen LogP contribution is 2.25.